The third-order valence-corrected chi connectivity index (χ3v) is 5.85. The molecular formula is C21H27N3O2. The van der Waals surface area contributed by atoms with Crippen LogP contribution in [-0.2, 0) is 16.1 Å². The SMILES string of the molecule is O=C(NCCCn1ccc2ccccc21)[C@@H]1CC(=O)N(C2CCCC2)C1. The van der Waals surface area contributed by atoms with Gasteiger partial charge in [0.2, 0.25) is 11.8 Å². The fourth-order valence-corrected chi connectivity index (χ4v) is 4.42. The van der Waals surface area contributed by atoms with Crippen molar-refractivity contribution in [2.45, 2.75) is 51.1 Å². The lowest BCUT2D eigenvalue weighted by Gasteiger charge is -2.23. The summed E-state index contributed by atoms with van der Waals surface area (Å²) in [6.07, 6.45) is 7.98. The van der Waals surface area contributed by atoms with Gasteiger partial charge in [0.05, 0.1) is 5.92 Å². The maximum Gasteiger partial charge on any atom is 0.225 e. The molecule has 1 saturated carbocycles. The van der Waals surface area contributed by atoms with Gasteiger partial charge in [0.15, 0.2) is 0 Å². The molecule has 2 fully saturated rings. The van der Waals surface area contributed by atoms with Gasteiger partial charge in [-0.2, -0.15) is 0 Å². The highest BCUT2D eigenvalue weighted by Crippen LogP contribution is 2.29. The Morgan fingerprint density at radius 3 is 2.81 bits per heavy atom. The van der Waals surface area contributed by atoms with E-state index in [0.29, 0.717) is 25.6 Å². The maximum atomic E-state index is 12.4. The Kier molecular flexibility index (Phi) is 4.96. The predicted molar refractivity (Wildman–Crippen MR) is 102 cm³/mol. The third-order valence-electron chi connectivity index (χ3n) is 5.85. The summed E-state index contributed by atoms with van der Waals surface area (Å²) in [4.78, 5) is 26.6. The van der Waals surface area contributed by atoms with Crippen LogP contribution in [0.25, 0.3) is 10.9 Å². The number of amides is 2. The topological polar surface area (TPSA) is 54.3 Å². The Morgan fingerprint density at radius 2 is 1.96 bits per heavy atom. The normalized spacial score (nSPS) is 21.0. The van der Waals surface area contributed by atoms with Gasteiger partial charge < -0.3 is 14.8 Å². The summed E-state index contributed by atoms with van der Waals surface area (Å²) >= 11 is 0. The molecule has 26 heavy (non-hydrogen) atoms. The lowest BCUT2D eigenvalue weighted by Crippen LogP contribution is -2.37. The number of fused-ring (bicyclic) bond motifs is 1. The van der Waals surface area contributed by atoms with Crippen molar-refractivity contribution in [2.75, 3.05) is 13.1 Å². The number of carbonyl (C=O) groups excluding carboxylic acids is 2. The van der Waals surface area contributed by atoms with E-state index < -0.39 is 0 Å². The molecule has 1 aromatic carbocycles. The molecule has 1 aromatic heterocycles. The zero-order chi connectivity index (χ0) is 17.9. The first-order valence-electron chi connectivity index (χ1n) is 9.83. The molecule has 0 bridgehead atoms. The van der Waals surface area contributed by atoms with E-state index in [0.717, 1.165) is 25.8 Å². The third kappa shape index (κ3) is 3.48. The van der Waals surface area contributed by atoms with Crippen LogP contribution in [0, 0.1) is 5.92 Å². The Bertz CT molecular complexity index is 791. The van der Waals surface area contributed by atoms with Crippen LogP contribution in [0.4, 0.5) is 0 Å². The molecule has 1 aliphatic heterocycles. The molecule has 1 saturated heterocycles. The number of hydrogen-bond acceptors (Lipinski definition) is 2. The smallest absolute Gasteiger partial charge is 0.225 e. The molecule has 5 nitrogen and oxygen atoms in total. The molecule has 2 heterocycles. The number of carbonyl (C=O) groups is 2. The Balaban J connectivity index is 1.23. The summed E-state index contributed by atoms with van der Waals surface area (Å²) in [5.74, 6) is 0.0302. The summed E-state index contributed by atoms with van der Waals surface area (Å²) in [5.41, 5.74) is 1.23. The number of rotatable bonds is 6. The Morgan fingerprint density at radius 1 is 1.15 bits per heavy atom. The molecule has 2 aliphatic rings. The number of nitrogens with zero attached hydrogens (tertiary/aromatic N) is 2. The fourth-order valence-electron chi connectivity index (χ4n) is 4.42. The highest BCUT2D eigenvalue weighted by Gasteiger charge is 2.38. The summed E-state index contributed by atoms with van der Waals surface area (Å²) in [7, 11) is 0. The van der Waals surface area contributed by atoms with Gasteiger partial charge in [-0.05, 0) is 36.8 Å². The average Bonchev–Trinajstić information content (AvgIpc) is 3.38. The molecular weight excluding hydrogens is 326 g/mol. The molecule has 2 amide bonds. The number of aryl methyl sites for hydroxylation is 1. The Hall–Kier alpha value is -2.30. The van der Waals surface area contributed by atoms with E-state index >= 15 is 0 Å². The van der Waals surface area contributed by atoms with Crippen LogP contribution in [-0.4, -0.2) is 40.4 Å². The van der Waals surface area contributed by atoms with Gasteiger partial charge >= 0.3 is 0 Å². The summed E-state index contributed by atoms with van der Waals surface area (Å²) < 4.78 is 2.22. The maximum absolute atomic E-state index is 12.4. The quantitative estimate of drug-likeness (QED) is 0.812. The van der Waals surface area contributed by atoms with Crippen LogP contribution in [0.3, 0.4) is 0 Å². The number of hydrogen-bond donors (Lipinski definition) is 1. The van der Waals surface area contributed by atoms with E-state index in [1.807, 2.05) is 17.0 Å². The van der Waals surface area contributed by atoms with E-state index in [2.05, 4.69) is 34.3 Å². The minimum Gasteiger partial charge on any atom is -0.356 e. The molecule has 0 unspecified atom stereocenters. The number of nitrogens with one attached hydrogen (secondary N) is 1. The summed E-state index contributed by atoms with van der Waals surface area (Å²) in [6.45, 7) is 2.14. The Labute approximate surface area is 154 Å². The van der Waals surface area contributed by atoms with E-state index in [-0.39, 0.29) is 17.7 Å². The highest BCUT2D eigenvalue weighted by atomic mass is 16.2. The molecule has 138 valence electrons. The van der Waals surface area contributed by atoms with Crippen molar-refractivity contribution in [1.82, 2.24) is 14.8 Å². The molecule has 1 N–H and O–H groups in total. The van der Waals surface area contributed by atoms with Crippen molar-refractivity contribution in [3.8, 4) is 0 Å². The number of likely N-dealkylation sites (tertiary alicyclic amines) is 1. The van der Waals surface area contributed by atoms with Crippen LogP contribution >= 0.6 is 0 Å². The van der Waals surface area contributed by atoms with Crippen molar-refractivity contribution in [1.29, 1.82) is 0 Å². The standard InChI is InChI=1S/C21H27N3O2/c25-20-14-17(15-24(20)18-7-2-3-8-18)21(26)22-11-5-12-23-13-10-16-6-1-4-9-19(16)23/h1,4,6,9-10,13,17-18H,2-3,5,7-8,11-12,14-15H2,(H,22,26)/t17-/m1/s1. The second-order valence-electron chi connectivity index (χ2n) is 7.60. The first kappa shape index (κ1) is 17.1. The second kappa shape index (κ2) is 7.52. The van der Waals surface area contributed by atoms with Crippen LogP contribution < -0.4 is 5.32 Å². The molecule has 4 rings (SSSR count). The first-order chi connectivity index (χ1) is 12.7. The van der Waals surface area contributed by atoms with Gasteiger partial charge in [0.25, 0.3) is 0 Å². The molecule has 0 spiro atoms. The monoisotopic (exact) mass is 353 g/mol. The van der Waals surface area contributed by atoms with Gasteiger partial charge in [-0.25, -0.2) is 0 Å². The summed E-state index contributed by atoms with van der Waals surface area (Å²) in [5, 5.41) is 4.28. The molecule has 1 aliphatic carbocycles. The van der Waals surface area contributed by atoms with E-state index in [9.17, 15) is 9.59 Å². The van der Waals surface area contributed by atoms with E-state index in [4.69, 9.17) is 0 Å². The van der Waals surface area contributed by atoms with Crippen molar-refractivity contribution >= 4 is 22.7 Å². The zero-order valence-corrected chi connectivity index (χ0v) is 15.2. The molecule has 2 aromatic rings. The van der Waals surface area contributed by atoms with Gasteiger partial charge in [-0.15, -0.1) is 0 Å². The second-order valence-corrected chi connectivity index (χ2v) is 7.60. The van der Waals surface area contributed by atoms with Crippen molar-refractivity contribution < 1.29 is 9.59 Å². The lowest BCUT2D eigenvalue weighted by molar-refractivity contribution is -0.130. The minimum absolute atomic E-state index is 0.0382. The number of aromatic nitrogens is 1. The highest BCUT2D eigenvalue weighted by molar-refractivity contribution is 5.89. The molecule has 5 heteroatoms. The minimum atomic E-state index is -0.171. The van der Waals surface area contributed by atoms with E-state index in [1.54, 1.807) is 0 Å². The average molecular weight is 353 g/mol. The summed E-state index contributed by atoms with van der Waals surface area (Å²) in [6, 6.07) is 10.8. The largest absolute Gasteiger partial charge is 0.356 e. The van der Waals surface area contributed by atoms with Gasteiger partial charge in [0, 0.05) is 43.8 Å². The fraction of sp³-hybridized carbons (Fsp3) is 0.524. The van der Waals surface area contributed by atoms with Gasteiger partial charge in [-0.1, -0.05) is 31.0 Å². The number of para-hydroxylation sites is 1. The van der Waals surface area contributed by atoms with Crippen LogP contribution in [0.15, 0.2) is 36.5 Å². The van der Waals surface area contributed by atoms with Crippen molar-refractivity contribution in [2.24, 2.45) is 5.92 Å². The first-order valence-corrected chi connectivity index (χ1v) is 9.83. The van der Waals surface area contributed by atoms with Gasteiger partial charge in [0.1, 0.15) is 0 Å². The van der Waals surface area contributed by atoms with Crippen molar-refractivity contribution in [3.63, 3.8) is 0 Å². The van der Waals surface area contributed by atoms with E-state index in [1.165, 1.54) is 23.7 Å². The van der Waals surface area contributed by atoms with Crippen molar-refractivity contribution in [3.05, 3.63) is 36.5 Å². The zero-order valence-electron chi connectivity index (χ0n) is 15.2. The predicted octanol–water partition coefficient (Wildman–Crippen LogP) is 2.94. The van der Waals surface area contributed by atoms with Crippen LogP contribution in [0.1, 0.15) is 38.5 Å². The van der Waals surface area contributed by atoms with Crippen LogP contribution in [0.2, 0.25) is 0 Å². The number of benzene rings is 1. The van der Waals surface area contributed by atoms with Crippen LogP contribution in [0.5, 0.6) is 0 Å². The van der Waals surface area contributed by atoms with Gasteiger partial charge in [-0.3, -0.25) is 9.59 Å². The molecule has 0 radical (unpaired) electrons. The molecule has 1 atom stereocenters. The lowest BCUT2D eigenvalue weighted by atomic mass is 10.1.